The van der Waals surface area contributed by atoms with E-state index in [2.05, 4.69) is 15.0 Å². The molecule has 2 fully saturated rings. The molecular weight excluding hydrogens is 380 g/mol. The van der Waals surface area contributed by atoms with Crippen LogP contribution in [0.15, 0.2) is 18.2 Å². The van der Waals surface area contributed by atoms with Gasteiger partial charge in [-0.15, -0.1) is 38.0 Å². The number of halogens is 5. The molecule has 1 aliphatic carbocycles. The fraction of sp³-hybridized carbons (Fsp3) is 0.625. The Balaban J connectivity index is 0.00000156. The largest absolute Gasteiger partial charge is 0.573 e. The molecule has 1 atom stereocenters. The van der Waals surface area contributed by atoms with Gasteiger partial charge in [-0.3, -0.25) is 4.90 Å². The van der Waals surface area contributed by atoms with Gasteiger partial charge in [-0.2, -0.15) is 0 Å². The third-order valence-electron chi connectivity index (χ3n) is 4.46. The number of nitrogens with zero attached hydrogens (tertiary/aromatic N) is 1. The predicted octanol–water partition coefficient (Wildman–Crippen LogP) is 3.88. The summed E-state index contributed by atoms with van der Waals surface area (Å²) >= 11 is 0. The van der Waals surface area contributed by atoms with E-state index in [0.29, 0.717) is 11.5 Å². The van der Waals surface area contributed by atoms with E-state index in [0.717, 1.165) is 51.5 Å². The quantitative estimate of drug-likeness (QED) is 0.784. The van der Waals surface area contributed by atoms with Crippen molar-refractivity contribution in [2.75, 3.05) is 26.2 Å². The number of alkyl halides is 3. The highest BCUT2D eigenvalue weighted by Gasteiger charge is 2.35. The summed E-state index contributed by atoms with van der Waals surface area (Å²) < 4.78 is 41.4. The Labute approximate surface area is 157 Å². The number of hydrogen-bond donors (Lipinski definition) is 2. The Morgan fingerprint density at radius 1 is 1.20 bits per heavy atom. The van der Waals surface area contributed by atoms with Gasteiger partial charge in [-0.1, -0.05) is 25.0 Å². The fourth-order valence-corrected chi connectivity index (χ4v) is 3.15. The number of ether oxygens (including phenoxy) is 1. The third kappa shape index (κ3) is 6.09. The average Bonchev–Trinajstić information content (AvgIpc) is 3.31. The fourth-order valence-electron chi connectivity index (χ4n) is 3.15. The van der Waals surface area contributed by atoms with Crippen LogP contribution < -0.4 is 10.1 Å². The maximum absolute atomic E-state index is 12.5. The normalized spacial score (nSPS) is 19.5. The van der Waals surface area contributed by atoms with E-state index in [4.69, 9.17) is 0 Å². The van der Waals surface area contributed by atoms with Crippen molar-refractivity contribution in [1.82, 2.24) is 10.2 Å². The molecule has 9 heteroatoms. The molecule has 0 bridgehead atoms. The Bertz CT molecular complexity index is 551. The highest BCUT2D eigenvalue weighted by Crippen LogP contribution is 2.45. The van der Waals surface area contributed by atoms with E-state index >= 15 is 0 Å². The van der Waals surface area contributed by atoms with Crippen LogP contribution in [0.25, 0.3) is 0 Å². The van der Waals surface area contributed by atoms with Crippen molar-refractivity contribution in [3.63, 3.8) is 0 Å². The summed E-state index contributed by atoms with van der Waals surface area (Å²) in [6, 6.07) is 4.30. The Morgan fingerprint density at radius 3 is 2.40 bits per heavy atom. The van der Waals surface area contributed by atoms with Crippen LogP contribution in [0.3, 0.4) is 0 Å². The zero-order chi connectivity index (χ0) is 16.4. The summed E-state index contributed by atoms with van der Waals surface area (Å²) in [5.74, 6) is -0.318. The highest BCUT2D eigenvalue weighted by molar-refractivity contribution is 5.85. The summed E-state index contributed by atoms with van der Waals surface area (Å²) in [7, 11) is 0. The predicted molar refractivity (Wildman–Crippen MR) is 93.8 cm³/mol. The lowest BCUT2D eigenvalue weighted by atomic mass is 9.97. The SMILES string of the molecule is Cl.Cl.Oc1c(OC(F)(F)F)cccc1[C@@H](CC1CC1)N1CCNCC1. The number of para-hydroxylation sites is 1. The van der Waals surface area contributed by atoms with Crippen molar-refractivity contribution in [2.45, 2.75) is 31.7 Å². The lowest BCUT2D eigenvalue weighted by Gasteiger charge is -2.35. The van der Waals surface area contributed by atoms with Crippen molar-refractivity contribution in [3.8, 4) is 11.5 Å². The van der Waals surface area contributed by atoms with Gasteiger partial charge in [0.1, 0.15) is 0 Å². The highest BCUT2D eigenvalue weighted by atomic mass is 35.5. The third-order valence-corrected chi connectivity index (χ3v) is 4.46. The van der Waals surface area contributed by atoms with Crippen molar-refractivity contribution in [1.29, 1.82) is 0 Å². The molecule has 0 aromatic heterocycles. The van der Waals surface area contributed by atoms with Gasteiger partial charge in [0.15, 0.2) is 11.5 Å². The number of hydrogen-bond acceptors (Lipinski definition) is 4. The van der Waals surface area contributed by atoms with Crippen LogP contribution in [0.5, 0.6) is 11.5 Å². The van der Waals surface area contributed by atoms with Crippen molar-refractivity contribution in [3.05, 3.63) is 23.8 Å². The van der Waals surface area contributed by atoms with Gasteiger partial charge in [0, 0.05) is 37.8 Å². The monoisotopic (exact) mass is 402 g/mol. The van der Waals surface area contributed by atoms with E-state index in [1.165, 1.54) is 6.07 Å². The first-order valence-electron chi connectivity index (χ1n) is 7.96. The molecule has 1 saturated heterocycles. The lowest BCUT2D eigenvalue weighted by Crippen LogP contribution is -2.45. The number of nitrogens with one attached hydrogen (secondary N) is 1. The van der Waals surface area contributed by atoms with Gasteiger partial charge >= 0.3 is 6.36 Å². The Morgan fingerprint density at radius 2 is 1.84 bits per heavy atom. The van der Waals surface area contributed by atoms with Crippen LogP contribution in [0.1, 0.15) is 30.9 Å². The minimum Gasteiger partial charge on any atom is -0.504 e. The van der Waals surface area contributed by atoms with Crippen LogP contribution >= 0.6 is 24.8 Å². The number of phenolic OH excluding ortho intramolecular Hbond substituents is 1. The van der Waals surface area contributed by atoms with Crippen molar-refractivity contribution in [2.24, 2.45) is 5.92 Å². The molecule has 0 radical (unpaired) electrons. The molecule has 144 valence electrons. The van der Waals surface area contributed by atoms with Crippen LogP contribution in [0.4, 0.5) is 13.2 Å². The van der Waals surface area contributed by atoms with Gasteiger partial charge in [-0.25, -0.2) is 0 Å². The molecule has 1 heterocycles. The summed E-state index contributed by atoms with van der Waals surface area (Å²) in [6.45, 7) is 3.34. The molecule has 1 aliphatic heterocycles. The number of benzene rings is 1. The number of phenols is 1. The molecule has 1 saturated carbocycles. The molecule has 0 spiro atoms. The molecule has 2 N–H and O–H groups in total. The minimum atomic E-state index is -4.81. The first kappa shape index (κ1) is 22.2. The van der Waals surface area contributed by atoms with Gasteiger partial charge in [0.25, 0.3) is 0 Å². The molecule has 3 rings (SSSR count). The average molecular weight is 403 g/mol. The van der Waals surface area contributed by atoms with Gasteiger partial charge in [0.2, 0.25) is 0 Å². The molecular formula is C16H23Cl2F3N2O2. The second-order valence-corrected chi connectivity index (χ2v) is 6.22. The van der Waals surface area contributed by atoms with Gasteiger partial charge in [0.05, 0.1) is 0 Å². The number of rotatable bonds is 5. The van der Waals surface area contributed by atoms with E-state index in [1.807, 2.05) is 0 Å². The van der Waals surface area contributed by atoms with E-state index in [1.54, 1.807) is 6.07 Å². The maximum Gasteiger partial charge on any atom is 0.573 e. The second-order valence-electron chi connectivity index (χ2n) is 6.22. The van der Waals surface area contributed by atoms with Crippen LogP contribution in [0, 0.1) is 5.92 Å². The van der Waals surface area contributed by atoms with Crippen molar-refractivity contribution >= 4 is 24.8 Å². The first-order valence-corrected chi connectivity index (χ1v) is 7.96. The topological polar surface area (TPSA) is 44.7 Å². The van der Waals surface area contributed by atoms with Crippen LogP contribution in [-0.4, -0.2) is 42.5 Å². The molecule has 2 aliphatic rings. The molecule has 0 unspecified atom stereocenters. The summed E-state index contributed by atoms with van der Waals surface area (Å²) in [6.07, 6.45) is -1.63. The standard InChI is InChI=1S/C16H21F3N2O2.2ClH/c17-16(18,19)23-14-3-1-2-12(15(14)22)13(10-11-4-5-11)21-8-6-20-7-9-21;;/h1-3,11,13,20,22H,4-10H2;2*1H/t13-;;/m1../s1. The van der Waals surface area contributed by atoms with E-state index in [9.17, 15) is 18.3 Å². The lowest BCUT2D eigenvalue weighted by molar-refractivity contribution is -0.275. The first-order chi connectivity index (χ1) is 10.9. The van der Waals surface area contributed by atoms with Gasteiger partial charge < -0.3 is 15.2 Å². The van der Waals surface area contributed by atoms with Crippen LogP contribution in [0.2, 0.25) is 0 Å². The molecule has 25 heavy (non-hydrogen) atoms. The van der Waals surface area contributed by atoms with E-state index in [-0.39, 0.29) is 30.9 Å². The molecule has 1 aromatic carbocycles. The summed E-state index contributed by atoms with van der Waals surface area (Å²) in [4.78, 5) is 2.24. The number of aromatic hydroxyl groups is 1. The maximum atomic E-state index is 12.5. The summed E-state index contributed by atoms with van der Waals surface area (Å²) in [5.41, 5.74) is 0.528. The summed E-state index contributed by atoms with van der Waals surface area (Å²) in [5, 5.41) is 13.6. The zero-order valence-corrected chi connectivity index (χ0v) is 15.2. The second kappa shape index (κ2) is 9.16. The Hall–Kier alpha value is -0.890. The minimum absolute atomic E-state index is 0. The molecule has 0 amide bonds. The van der Waals surface area contributed by atoms with E-state index < -0.39 is 17.9 Å². The van der Waals surface area contributed by atoms with Gasteiger partial charge in [-0.05, 0) is 18.4 Å². The smallest absolute Gasteiger partial charge is 0.504 e. The molecule has 4 nitrogen and oxygen atoms in total. The Kier molecular flexibility index (Phi) is 8.12. The number of piperazine rings is 1. The van der Waals surface area contributed by atoms with Crippen LogP contribution in [-0.2, 0) is 0 Å². The molecule has 1 aromatic rings. The van der Waals surface area contributed by atoms with Crippen molar-refractivity contribution < 1.29 is 23.0 Å². The zero-order valence-electron chi connectivity index (χ0n) is 13.6.